The molecule has 0 atom stereocenters. The van der Waals surface area contributed by atoms with Crippen molar-refractivity contribution in [3.63, 3.8) is 0 Å². The molecule has 1 heterocycles. The van der Waals surface area contributed by atoms with Crippen LogP contribution in [0.25, 0.3) is 0 Å². The highest BCUT2D eigenvalue weighted by atomic mass is 35.5. The maximum atomic E-state index is 6.10. The van der Waals surface area contributed by atoms with Gasteiger partial charge in [-0.05, 0) is 26.0 Å². The van der Waals surface area contributed by atoms with Gasteiger partial charge in [-0.2, -0.15) is 0 Å². The molecule has 2 aromatic rings. The molecule has 0 unspecified atom stereocenters. The summed E-state index contributed by atoms with van der Waals surface area (Å²) in [4.78, 5) is 8.28. The average molecular weight is 297 g/mol. The van der Waals surface area contributed by atoms with Crippen LogP contribution < -0.4 is 10.6 Å². The molecule has 0 fully saturated rings. The lowest BCUT2D eigenvalue weighted by Crippen LogP contribution is -2.11. The Kier molecular flexibility index (Phi) is 4.45. The van der Waals surface area contributed by atoms with Gasteiger partial charge in [0.2, 0.25) is 0 Å². The number of nitrogens with zero attached hydrogens (tertiary/aromatic N) is 2. The number of hydrogen-bond donors (Lipinski definition) is 2. The number of aromatic nitrogens is 2. The van der Waals surface area contributed by atoms with Crippen LogP contribution in [0.5, 0.6) is 0 Å². The smallest absolute Gasteiger partial charge is 0.135 e. The normalized spacial score (nSPS) is 10.6. The molecule has 0 spiro atoms. The van der Waals surface area contributed by atoms with Crippen molar-refractivity contribution < 1.29 is 0 Å². The third kappa shape index (κ3) is 3.72. The monoisotopic (exact) mass is 296 g/mol. The van der Waals surface area contributed by atoms with Crippen LogP contribution in [0.15, 0.2) is 30.6 Å². The molecule has 0 amide bonds. The highest BCUT2D eigenvalue weighted by Gasteiger charge is 2.07. The van der Waals surface area contributed by atoms with Gasteiger partial charge in [0.15, 0.2) is 0 Å². The maximum absolute atomic E-state index is 6.10. The summed E-state index contributed by atoms with van der Waals surface area (Å²) in [7, 11) is 0. The molecule has 1 aromatic heterocycles. The minimum absolute atomic E-state index is 0.298. The van der Waals surface area contributed by atoms with Crippen LogP contribution in [0, 0.1) is 0 Å². The minimum atomic E-state index is 0.298. The van der Waals surface area contributed by atoms with Crippen LogP contribution in [0.4, 0.5) is 17.3 Å². The van der Waals surface area contributed by atoms with Crippen LogP contribution in [-0.2, 0) is 0 Å². The molecular weight excluding hydrogens is 283 g/mol. The first-order chi connectivity index (χ1) is 9.06. The van der Waals surface area contributed by atoms with E-state index in [1.807, 2.05) is 13.8 Å². The Morgan fingerprint density at radius 1 is 1.05 bits per heavy atom. The molecule has 19 heavy (non-hydrogen) atoms. The second-order valence-corrected chi connectivity index (χ2v) is 5.12. The zero-order valence-electron chi connectivity index (χ0n) is 10.6. The van der Waals surface area contributed by atoms with E-state index in [1.54, 1.807) is 24.3 Å². The summed E-state index contributed by atoms with van der Waals surface area (Å²) >= 11 is 12.2. The Morgan fingerprint density at radius 3 is 2.32 bits per heavy atom. The molecule has 0 aliphatic rings. The molecule has 2 rings (SSSR count). The third-order valence-electron chi connectivity index (χ3n) is 2.32. The predicted octanol–water partition coefficient (Wildman–Crippen LogP) is 4.35. The van der Waals surface area contributed by atoms with Gasteiger partial charge in [-0.25, -0.2) is 9.97 Å². The molecule has 1 aromatic carbocycles. The number of hydrogen-bond acceptors (Lipinski definition) is 4. The summed E-state index contributed by atoms with van der Waals surface area (Å²) in [5.41, 5.74) is 0.639. The lowest BCUT2D eigenvalue weighted by atomic mass is 10.3. The topological polar surface area (TPSA) is 49.8 Å². The molecule has 0 saturated heterocycles. The summed E-state index contributed by atoms with van der Waals surface area (Å²) in [6.07, 6.45) is 1.48. The van der Waals surface area contributed by atoms with Gasteiger partial charge >= 0.3 is 0 Å². The zero-order chi connectivity index (χ0) is 13.8. The minimum Gasteiger partial charge on any atom is -0.368 e. The molecular formula is C13H14Cl2N4. The standard InChI is InChI=1S/C13H14Cl2N4/c1-8(2)18-11-6-12(17-7-16-11)19-13-9(14)4-3-5-10(13)15/h3-8H,1-2H3,(H2,16,17,18,19). The van der Waals surface area contributed by atoms with Gasteiger partial charge in [-0.1, -0.05) is 29.3 Å². The first-order valence-electron chi connectivity index (χ1n) is 5.86. The third-order valence-corrected chi connectivity index (χ3v) is 2.95. The van der Waals surface area contributed by atoms with Crippen molar-refractivity contribution in [2.45, 2.75) is 19.9 Å². The number of anilines is 3. The summed E-state index contributed by atoms with van der Waals surface area (Å²) in [5.74, 6) is 1.38. The highest BCUT2D eigenvalue weighted by molar-refractivity contribution is 6.39. The van der Waals surface area contributed by atoms with Crippen molar-refractivity contribution in [1.29, 1.82) is 0 Å². The van der Waals surface area contributed by atoms with E-state index in [4.69, 9.17) is 23.2 Å². The Morgan fingerprint density at radius 2 is 1.68 bits per heavy atom. The summed E-state index contributed by atoms with van der Waals surface area (Å²) in [6, 6.07) is 7.43. The van der Waals surface area contributed by atoms with Gasteiger partial charge in [0.25, 0.3) is 0 Å². The second-order valence-electron chi connectivity index (χ2n) is 4.31. The number of para-hydroxylation sites is 1. The first-order valence-corrected chi connectivity index (χ1v) is 6.61. The molecule has 0 bridgehead atoms. The molecule has 0 aliphatic carbocycles. The number of halogens is 2. The zero-order valence-corrected chi connectivity index (χ0v) is 12.1. The van der Waals surface area contributed by atoms with E-state index < -0.39 is 0 Å². The number of rotatable bonds is 4. The largest absolute Gasteiger partial charge is 0.368 e. The van der Waals surface area contributed by atoms with Crippen LogP contribution in [0.1, 0.15) is 13.8 Å². The summed E-state index contributed by atoms with van der Waals surface area (Å²) in [5, 5.41) is 7.39. The average Bonchev–Trinajstić information content (AvgIpc) is 2.34. The molecule has 2 N–H and O–H groups in total. The molecule has 4 nitrogen and oxygen atoms in total. The Hall–Kier alpha value is -1.52. The van der Waals surface area contributed by atoms with Gasteiger partial charge in [0.05, 0.1) is 15.7 Å². The Bertz CT molecular complexity index is 552. The quantitative estimate of drug-likeness (QED) is 0.881. The summed E-state index contributed by atoms with van der Waals surface area (Å²) < 4.78 is 0. The van der Waals surface area contributed by atoms with Crippen molar-refractivity contribution in [2.75, 3.05) is 10.6 Å². The van der Waals surface area contributed by atoms with Crippen molar-refractivity contribution in [2.24, 2.45) is 0 Å². The van der Waals surface area contributed by atoms with Gasteiger partial charge < -0.3 is 10.6 Å². The Labute approximate surface area is 122 Å². The van der Waals surface area contributed by atoms with E-state index >= 15 is 0 Å². The van der Waals surface area contributed by atoms with Crippen LogP contribution in [0.2, 0.25) is 10.0 Å². The van der Waals surface area contributed by atoms with Gasteiger partial charge in [-0.15, -0.1) is 0 Å². The van der Waals surface area contributed by atoms with Crippen LogP contribution >= 0.6 is 23.2 Å². The van der Waals surface area contributed by atoms with Crippen molar-refractivity contribution in [3.05, 3.63) is 40.6 Å². The first kappa shape index (κ1) is 13.9. The van der Waals surface area contributed by atoms with E-state index in [0.717, 1.165) is 5.82 Å². The predicted molar refractivity (Wildman–Crippen MR) is 80.5 cm³/mol. The summed E-state index contributed by atoms with van der Waals surface area (Å²) in [6.45, 7) is 4.08. The second kappa shape index (κ2) is 6.08. The van der Waals surface area contributed by atoms with E-state index in [2.05, 4.69) is 20.6 Å². The van der Waals surface area contributed by atoms with Crippen molar-refractivity contribution in [3.8, 4) is 0 Å². The molecule has 0 aliphatic heterocycles. The molecule has 100 valence electrons. The molecule has 0 radical (unpaired) electrons. The van der Waals surface area contributed by atoms with E-state index in [1.165, 1.54) is 6.33 Å². The Balaban J connectivity index is 2.24. The van der Waals surface area contributed by atoms with E-state index in [9.17, 15) is 0 Å². The van der Waals surface area contributed by atoms with Crippen molar-refractivity contribution >= 4 is 40.5 Å². The van der Waals surface area contributed by atoms with Crippen molar-refractivity contribution in [1.82, 2.24) is 9.97 Å². The lowest BCUT2D eigenvalue weighted by Gasteiger charge is -2.12. The lowest BCUT2D eigenvalue weighted by molar-refractivity contribution is 0.886. The van der Waals surface area contributed by atoms with Gasteiger partial charge in [0, 0.05) is 12.1 Å². The van der Waals surface area contributed by atoms with Crippen LogP contribution in [-0.4, -0.2) is 16.0 Å². The fourth-order valence-corrected chi connectivity index (χ4v) is 2.04. The fraction of sp³-hybridized carbons (Fsp3) is 0.231. The number of nitrogens with one attached hydrogen (secondary N) is 2. The van der Waals surface area contributed by atoms with E-state index in [-0.39, 0.29) is 0 Å². The number of benzene rings is 1. The fourth-order valence-electron chi connectivity index (χ4n) is 1.55. The van der Waals surface area contributed by atoms with Crippen LogP contribution in [0.3, 0.4) is 0 Å². The SMILES string of the molecule is CC(C)Nc1cc(Nc2c(Cl)cccc2Cl)ncn1. The van der Waals surface area contributed by atoms with Gasteiger partial charge in [0.1, 0.15) is 18.0 Å². The molecule has 0 saturated carbocycles. The maximum Gasteiger partial charge on any atom is 0.135 e. The highest BCUT2D eigenvalue weighted by Crippen LogP contribution is 2.32. The molecule has 6 heteroatoms. The van der Waals surface area contributed by atoms with Gasteiger partial charge in [-0.3, -0.25) is 0 Å². The van der Waals surface area contributed by atoms with E-state index in [0.29, 0.717) is 27.6 Å².